The molecule has 210 valence electrons. The number of benzene rings is 3. The number of alkyl halides is 1. The first kappa shape index (κ1) is 27.9. The van der Waals surface area contributed by atoms with Gasteiger partial charge in [-0.2, -0.15) is 0 Å². The number of rotatable bonds is 8. The van der Waals surface area contributed by atoms with Crippen molar-refractivity contribution < 1.29 is 23.2 Å². The normalized spacial score (nSPS) is 15.1. The van der Waals surface area contributed by atoms with E-state index >= 15 is 0 Å². The Morgan fingerprint density at radius 1 is 1.00 bits per heavy atom. The minimum Gasteiger partial charge on any atom is -0.340 e. The van der Waals surface area contributed by atoms with Crippen LogP contribution in [0, 0.1) is 17.6 Å². The smallest absolute Gasteiger partial charge is 0.274 e. The minimum atomic E-state index is -1.24. The summed E-state index contributed by atoms with van der Waals surface area (Å²) >= 11 is 0. The Labute approximate surface area is 232 Å². The van der Waals surface area contributed by atoms with Gasteiger partial charge in [0.25, 0.3) is 5.91 Å². The molecule has 0 radical (unpaired) electrons. The number of hydroxylamine groups is 1. The molecule has 1 aliphatic rings. The molecule has 0 aliphatic carbocycles. The fraction of sp³-hybridized carbons (Fsp3) is 0.344. The van der Waals surface area contributed by atoms with Gasteiger partial charge in [-0.05, 0) is 87.2 Å². The first-order valence-corrected chi connectivity index (χ1v) is 13.6. The zero-order chi connectivity index (χ0) is 28.4. The number of carbonyl (C=O) groups excluding carboxylic acids is 1. The number of para-hydroxylation sites is 1. The summed E-state index contributed by atoms with van der Waals surface area (Å²) in [7, 11) is 0. The van der Waals surface area contributed by atoms with Gasteiger partial charge in [0.1, 0.15) is 17.3 Å². The van der Waals surface area contributed by atoms with Crippen molar-refractivity contribution in [3.8, 4) is 11.3 Å². The summed E-state index contributed by atoms with van der Waals surface area (Å²) in [4.78, 5) is 14.0. The second-order valence-corrected chi connectivity index (χ2v) is 11.4. The van der Waals surface area contributed by atoms with Crippen LogP contribution in [0.4, 0.5) is 13.2 Å². The molecule has 8 heteroatoms. The van der Waals surface area contributed by atoms with E-state index in [-0.39, 0.29) is 0 Å². The Morgan fingerprint density at radius 3 is 2.27 bits per heavy atom. The summed E-state index contributed by atoms with van der Waals surface area (Å²) in [5, 5.41) is 9.93. The molecule has 0 atom stereocenters. The molecule has 0 bridgehead atoms. The van der Waals surface area contributed by atoms with Crippen LogP contribution in [0.1, 0.15) is 48.2 Å². The first-order valence-electron chi connectivity index (χ1n) is 13.6. The molecule has 1 aromatic heterocycles. The number of hydrogen-bond acceptors (Lipinski definition) is 3. The number of halogens is 3. The van der Waals surface area contributed by atoms with Crippen LogP contribution in [0.5, 0.6) is 0 Å². The van der Waals surface area contributed by atoms with Gasteiger partial charge in [-0.1, -0.05) is 30.3 Å². The maximum atomic E-state index is 14.5. The van der Waals surface area contributed by atoms with Gasteiger partial charge in [-0.3, -0.25) is 10.0 Å². The standard InChI is InChI=1S/C32H34F3N3O2/c1-32(2,35)20-37-13-11-22(12-14-37)19-38-29-6-4-3-5-27(29)28(30(38)24-16-25(33)18-26(34)17-24)15-21-7-9-23(10-8-21)31(39)36-40/h3-10,16-18,22,40H,11-15,19-20H2,1-2H3,(H,36,39). The Morgan fingerprint density at radius 2 is 1.65 bits per heavy atom. The first-order chi connectivity index (χ1) is 19.1. The molecule has 40 heavy (non-hydrogen) atoms. The summed E-state index contributed by atoms with van der Waals surface area (Å²) in [6.45, 7) is 5.90. The summed E-state index contributed by atoms with van der Waals surface area (Å²) in [6.07, 6.45) is 2.29. The van der Waals surface area contributed by atoms with E-state index in [9.17, 15) is 18.0 Å². The Kier molecular flexibility index (Phi) is 8.01. The van der Waals surface area contributed by atoms with Crippen molar-refractivity contribution in [2.24, 2.45) is 5.92 Å². The quantitative estimate of drug-likeness (QED) is 0.189. The molecule has 1 aliphatic heterocycles. The summed E-state index contributed by atoms with van der Waals surface area (Å²) in [5.41, 5.74) is 4.80. The number of fused-ring (bicyclic) bond motifs is 1. The van der Waals surface area contributed by atoms with Crippen molar-refractivity contribution in [2.45, 2.75) is 45.3 Å². The van der Waals surface area contributed by atoms with Crippen molar-refractivity contribution in [1.82, 2.24) is 14.9 Å². The molecule has 2 heterocycles. The molecule has 0 saturated carbocycles. The number of likely N-dealkylation sites (tertiary alicyclic amines) is 1. The van der Waals surface area contributed by atoms with Crippen molar-refractivity contribution in [3.63, 3.8) is 0 Å². The van der Waals surface area contributed by atoms with E-state index in [2.05, 4.69) is 9.47 Å². The van der Waals surface area contributed by atoms with Crippen LogP contribution in [0.2, 0.25) is 0 Å². The van der Waals surface area contributed by atoms with Gasteiger partial charge in [0, 0.05) is 47.6 Å². The lowest BCUT2D eigenvalue weighted by Crippen LogP contribution is -2.41. The molecule has 1 saturated heterocycles. The van der Waals surface area contributed by atoms with Gasteiger partial charge in [0.2, 0.25) is 0 Å². The predicted molar refractivity (Wildman–Crippen MR) is 150 cm³/mol. The molecule has 4 aromatic rings. The molecule has 2 N–H and O–H groups in total. The average Bonchev–Trinajstić information content (AvgIpc) is 3.21. The summed E-state index contributed by atoms with van der Waals surface area (Å²) in [6, 6.07) is 18.5. The van der Waals surface area contributed by atoms with E-state index in [0.717, 1.165) is 59.7 Å². The predicted octanol–water partition coefficient (Wildman–Crippen LogP) is 6.76. The van der Waals surface area contributed by atoms with Crippen LogP contribution in [0.3, 0.4) is 0 Å². The third-order valence-electron chi connectivity index (χ3n) is 7.66. The van der Waals surface area contributed by atoms with Gasteiger partial charge in [0.05, 0.1) is 5.69 Å². The lowest BCUT2D eigenvalue weighted by atomic mass is 9.95. The highest BCUT2D eigenvalue weighted by molar-refractivity contribution is 5.94. The van der Waals surface area contributed by atoms with Crippen LogP contribution in [0.15, 0.2) is 66.7 Å². The number of carbonyl (C=O) groups is 1. The number of aromatic nitrogens is 1. The van der Waals surface area contributed by atoms with Crippen LogP contribution in [-0.2, 0) is 13.0 Å². The Balaban J connectivity index is 1.55. The monoisotopic (exact) mass is 549 g/mol. The molecule has 3 aromatic carbocycles. The maximum absolute atomic E-state index is 14.5. The van der Waals surface area contributed by atoms with Gasteiger partial charge < -0.3 is 9.47 Å². The van der Waals surface area contributed by atoms with E-state index in [4.69, 9.17) is 5.21 Å². The van der Waals surface area contributed by atoms with Crippen LogP contribution in [-0.4, -0.2) is 45.9 Å². The molecular formula is C32H34F3N3O2. The summed E-state index contributed by atoms with van der Waals surface area (Å²) < 4.78 is 45.4. The fourth-order valence-electron chi connectivity index (χ4n) is 5.92. The third-order valence-corrected chi connectivity index (χ3v) is 7.66. The van der Waals surface area contributed by atoms with Crippen LogP contribution < -0.4 is 5.48 Å². The van der Waals surface area contributed by atoms with Crippen molar-refractivity contribution in [2.75, 3.05) is 19.6 Å². The van der Waals surface area contributed by atoms with Crippen LogP contribution in [0.25, 0.3) is 22.2 Å². The number of amides is 1. The van der Waals surface area contributed by atoms with E-state index in [0.29, 0.717) is 36.6 Å². The molecule has 5 rings (SSSR count). The lowest BCUT2D eigenvalue weighted by Gasteiger charge is -2.35. The third kappa shape index (κ3) is 6.24. The zero-order valence-corrected chi connectivity index (χ0v) is 22.8. The highest BCUT2D eigenvalue weighted by Crippen LogP contribution is 2.38. The van der Waals surface area contributed by atoms with Crippen molar-refractivity contribution in [3.05, 3.63) is 95.1 Å². The van der Waals surface area contributed by atoms with E-state index in [1.54, 1.807) is 31.5 Å². The van der Waals surface area contributed by atoms with E-state index in [1.165, 1.54) is 12.1 Å². The number of hydrogen-bond donors (Lipinski definition) is 2. The van der Waals surface area contributed by atoms with E-state index < -0.39 is 23.2 Å². The average molecular weight is 550 g/mol. The molecule has 1 fully saturated rings. The number of piperidine rings is 1. The van der Waals surface area contributed by atoms with Gasteiger partial charge in [0.15, 0.2) is 0 Å². The van der Waals surface area contributed by atoms with Gasteiger partial charge in [-0.15, -0.1) is 0 Å². The van der Waals surface area contributed by atoms with E-state index in [1.807, 2.05) is 36.4 Å². The molecule has 0 spiro atoms. The SMILES string of the molecule is CC(C)(F)CN1CCC(Cn2c(-c3cc(F)cc(F)c3)c(Cc3ccc(C(=O)NO)cc3)c3ccccc32)CC1. The summed E-state index contributed by atoms with van der Waals surface area (Å²) in [5.74, 6) is -1.55. The molecular weight excluding hydrogens is 515 g/mol. The minimum absolute atomic E-state index is 0.323. The highest BCUT2D eigenvalue weighted by Gasteiger charge is 2.27. The maximum Gasteiger partial charge on any atom is 0.274 e. The fourth-order valence-corrected chi connectivity index (χ4v) is 5.92. The lowest BCUT2D eigenvalue weighted by molar-refractivity contribution is 0.0706. The second kappa shape index (κ2) is 11.5. The Bertz CT molecular complexity index is 1480. The topological polar surface area (TPSA) is 57.5 Å². The van der Waals surface area contributed by atoms with Crippen molar-refractivity contribution >= 4 is 16.8 Å². The molecule has 5 nitrogen and oxygen atoms in total. The van der Waals surface area contributed by atoms with Crippen molar-refractivity contribution in [1.29, 1.82) is 0 Å². The second-order valence-electron chi connectivity index (χ2n) is 11.4. The highest BCUT2D eigenvalue weighted by atomic mass is 19.1. The zero-order valence-electron chi connectivity index (χ0n) is 22.8. The number of nitrogens with one attached hydrogen (secondary N) is 1. The molecule has 1 amide bonds. The Hall–Kier alpha value is -3.62. The van der Waals surface area contributed by atoms with Gasteiger partial charge >= 0.3 is 0 Å². The largest absolute Gasteiger partial charge is 0.340 e. The number of nitrogens with zero attached hydrogens (tertiary/aromatic N) is 2. The van der Waals surface area contributed by atoms with Crippen LogP contribution >= 0.6 is 0 Å². The van der Waals surface area contributed by atoms with Gasteiger partial charge in [-0.25, -0.2) is 18.7 Å². The molecule has 0 unspecified atom stereocenters.